The van der Waals surface area contributed by atoms with Crippen molar-refractivity contribution in [1.82, 2.24) is 4.98 Å². The average molecular weight is 294 g/mol. The van der Waals surface area contributed by atoms with Gasteiger partial charge in [-0.3, -0.25) is 4.98 Å². The Hall–Kier alpha value is -3.13. The SMILES string of the molecule is c1ccc(-c2cc3c4c(cccc4c2)Nc2cccnc2-3)cc1. The summed E-state index contributed by atoms with van der Waals surface area (Å²) in [5.74, 6) is 0. The van der Waals surface area contributed by atoms with Gasteiger partial charge in [0.15, 0.2) is 0 Å². The summed E-state index contributed by atoms with van der Waals surface area (Å²) in [5.41, 5.74) is 6.89. The van der Waals surface area contributed by atoms with E-state index in [0.29, 0.717) is 0 Å². The van der Waals surface area contributed by atoms with Gasteiger partial charge in [0.25, 0.3) is 0 Å². The summed E-state index contributed by atoms with van der Waals surface area (Å²) in [7, 11) is 0. The zero-order valence-electron chi connectivity index (χ0n) is 12.5. The third-order valence-corrected chi connectivity index (χ3v) is 4.42. The fourth-order valence-electron chi connectivity index (χ4n) is 3.38. The topological polar surface area (TPSA) is 24.9 Å². The molecule has 2 nitrogen and oxygen atoms in total. The Morgan fingerprint density at radius 1 is 0.696 bits per heavy atom. The molecule has 1 aliphatic heterocycles. The first-order chi connectivity index (χ1) is 11.4. The van der Waals surface area contributed by atoms with Crippen LogP contribution < -0.4 is 5.32 Å². The highest BCUT2D eigenvalue weighted by atomic mass is 14.9. The number of pyridine rings is 1. The van der Waals surface area contributed by atoms with Crippen LogP contribution in [0.15, 0.2) is 79.0 Å². The molecule has 1 N–H and O–H groups in total. The van der Waals surface area contributed by atoms with E-state index in [-0.39, 0.29) is 0 Å². The van der Waals surface area contributed by atoms with Crippen molar-refractivity contribution in [2.45, 2.75) is 0 Å². The molecule has 0 aliphatic carbocycles. The van der Waals surface area contributed by atoms with Crippen molar-refractivity contribution in [3.8, 4) is 22.4 Å². The fraction of sp³-hybridized carbons (Fsp3) is 0. The predicted octanol–water partition coefficient (Wildman–Crippen LogP) is 5.63. The fourth-order valence-corrected chi connectivity index (χ4v) is 3.38. The Labute approximate surface area is 134 Å². The van der Waals surface area contributed by atoms with Crippen LogP contribution in [0.3, 0.4) is 0 Å². The summed E-state index contributed by atoms with van der Waals surface area (Å²) in [6.07, 6.45) is 1.86. The van der Waals surface area contributed by atoms with Gasteiger partial charge >= 0.3 is 0 Å². The molecule has 0 saturated carbocycles. The summed E-state index contributed by atoms with van der Waals surface area (Å²) in [6, 6.07) is 25.5. The molecule has 0 radical (unpaired) electrons. The lowest BCUT2D eigenvalue weighted by molar-refractivity contribution is 1.32. The third-order valence-electron chi connectivity index (χ3n) is 4.42. The highest BCUT2D eigenvalue weighted by molar-refractivity contribution is 6.11. The van der Waals surface area contributed by atoms with Crippen molar-refractivity contribution in [3.63, 3.8) is 0 Å². The Morgan fingerprint density at radius 2 is 1.57 bits per heavy atom. The Balaban J connectivity index is 1.89. The van der Waals surface area contributed by atoms with Crippen LogP contribution in [-0.4, -0.2) is 4.98 Å². The summed E-state index contributed by atoms with van der Waals surface area (Å²) in [5, 5.41) is 5.99. The van der Waals surface area contributed by atoms with Gasteiger partial charge in [-0.2, -0.15) is 0 Å². The zero-order chi connectivity index (χ0) is 15.2. The molecular formula is C21H14N2. The van der Waals surface area contributed by atoms with Crippen LogP contribution in [0.5, 0.6) is 0 Å². The van der Waals surface area contributed by atoms with Crippen LogP contribution in [0.4, 0.5) is 11.4 Å². The van der Waals surface area contributed by atoms with Crippen molar-refractivity contribution < 1.29 is 0 Å². The van der Waals surface area contributed by atoms with Crippen LogP contribution >= 0.6 is 0 Å². The number of anilines is 2. The number of aromatic nitrogens is 1. The standard InChI is InChI=1S/C21H14N2/c1-2-6-14(7-3-1)16-12-15-8-4-9-18-20(15)17(13-16)21-19(23-18)10-5-11-22-21/h1-13,23H. The zero-order valence-corrected chi connectivity index (χ0v) is 12.5. The van der Waals surface area contributed by atoms with Crippen molar-refractivity contribution in [2.24, 2.45) is 0 Å². The molecular weight excluding hydrogens is 280 g/mol. The van der Waals surface area contributed by atoms with E-state index in [4.69, 9.17) is 0 Å². The minimum absolute atomic E-state index is 1.02. The van der Waals surface area contributed by atoms with Crippen LogP contribution in [0.2, 0.25) is 0 Å². The maximum Gasteiger partial charge on any atom is 0.0943 e. The van der Waals surface area contributed by atoms with Gasteiger partial charge in [-0.1, -0.05) is 42.5 Å². The molecule has 0 saturated heterocycles. The van der Waals surface area contributed by atoms with Crippen molar-refractivity contribution in [1.29, 1.82) is 0 Å². The molecule has 0 fully saturated rings. The van der Waals surface area contributed by atoms with Crippen LogP contribution in [0, 0.1) is 0 Å². The smallest absolute Gasteiger partial charge is 0.0943 e. The number of rotatable bonds is 1. The van der Waals surface area contributed by atoms with Crippen LogP contribution in [0.25, 0.3) is 33.2 Å². The summed E-state index contributed by atoms with van der Waals surface area (Å²) in [4.78, 5) is 4.62. The molecule has 0 bridgehead atoms. The third kappa shape index (κ3) is 1.85. The van der Waals surface area contributed by atoms with E-state index in [1.165, 1.54) is 27.5 Å². The minimum Gasteiger partial charge on any atom is -0.353 e. The normalized spacial score (nSPS) is 11.8. The molecule has 3 aromatic carbocycles. The van der Waals surface area contributed by atoms with Crippen molar-refractivity contribution >= 4 is 22.1 Å². The van der Waals surface area contributed by atoms with Crippen LogP contribution in [0.1, 0.15) is 0 Å². The molecule has 5 rings (SSSR count). The number of nitrogens with zero attached hydrogens (tertiary/aromatic N) is 1. The second kappa shape index (κ2) is 4.68. The van der Waals surface area contributed by atoms with Gasteiger partial charge in [0.2, 0.25) is 0 Å². The van der Waals surface area contributed by atoms with Gasteiger partial charge < -0.3 is 5.32 Å². The molecule has 2 heteroatoms. The van der Waals surface area contributed by atoms with Crippen LogP contribution in [-0.2, 0) is 0 Å². The number of hydrogen-bond acceptors (Lipinski definition) is 2. The Morgan fingerprint density at radius 3 is 2.48 bits per heavy atom. The molecule has 0 unspecified atom stereocenters. The lowest BCUT2D eigenvalue weighted by Gasteiger charge is -2.22. The van der Waals surface area contributed by atoms with Gasteiger partial charge in [0.05, 0.1) is 11.4 Å². The monoisotopic (exact) mass is 294 g/mol. The number of nitrogens with one attached hydrogen (secondary N) is 1. The number of hydrogen-bond donors (Lipinski definition) is 1. The van der Waals surface area contributed by atoms with E-state index in [1.807, 2.05) is 18.3 Å². The van der Waals surface area contributed by atoms with Gasteiger partial charge in [-0.25, -0.2) is 0 Å². The maximum atomic E-state index is 4.62. The predicted molar refractivity (Wildman–Crippen MR) is 95.9 cm³/mol. The first kappa shape index (κ1) is 12.4. The highest BCUT2D eigenvalue weighted by Gasteiger charge is 2.19. The van der Waals surface area contributed by atoms with E-state index in [0.717, 1.165) is 17.1 Å². The summed E-state index contributed by atoms with van der Waals surface area (Å²) in [6.45, 7) is 0. The van der Waals surface area contributed by atoms with Gasteiger partial charge in [-0.05, 0) is 46.8 Å². The highest BCUT2D eigenvalue weighted by Crippen LogP contribution is 2.44. The molecule has 0 atom stereocenters. The lowest BCUT2D eigenvalue weighted by atomic mass is 9.91. The molecule has 108 valence electrons. The van der Waals surface area contributed by atoms with Gasteiger partial charge in [0.1, 0.15) is 0 Å². The second-order valence-corrected chi connectivity index (χ2v) is 5.82. The first-order valence-electron chi connectivity index (χ1n) is 7.75. The van der Waals surface area contributed by atoms with Crippen molar-refractivity contribution in [3.05, 3.63) is 79.0 Å². The quantitative estimate of drug-likeness (QED) is 0.433. The summed E-state index contributed by atoms with van der Waals surface area (Å²) < 4.78 is 0. The lowest BCUT2D eigenvalue weighted by Crippen LogP contribution is -2.02. The second-order valence-electron chi connectivity index (χ2n) is 5.82. The summed E-state index contributed by atoms with van der Waals surface area (Å²) >= 11 is 0. The molecule has 4 aromatic rings. The van der Waals surface area contributed by atoms with Crippen molar-refractivity contribution in [2.75, 3.05) is 5.32 Å². The molecule has 0 spiro atoms. The van der Waals surface area contributed by atoms with E-state index < -0.39 is 0 Å². The Bertz CT molecular complexity index is 1040. The van der Waals surface area contributed by atoms with Gasteiger partial charge in [0, 0.05) is 22.8 Å². The van der Waals surface area contributed by atoms with E-state index in [2.05, 4.69) is 71.0 Å². The Kier molecular flexibility index (Phi) is 2.53. The van der Waals surface area contributed by atoms with E-state index in [1.54, 1.807) is 0 Å². The molecule has 23 heavy (non-hydrogen) atoms. The number of fused-ring (bicyclic) bond motifs is 2. The average Bonchev–Trinajstić information content (AvgIpc) is 2.62. The van der Waals surface area contributed by atoms with Gasteiger partial charge in [-0.15, -0.1) is 0 Å². The largest absolute Gasteiger partial charge is 0.353 e. The maximum absolute atomic E-state index is 4.62. The van der Waals surface area contributed by atoms with E-state index in [9.17, 15) is 0 Å². The molecule has 1 aliphatic rings. The molecule has 1 aromatic heterocycles. The number of benzene rings is 3. The first-order valence-corrected chi connectivity index (χ1v) is 7.75. The minimum atomic E-state index is 1.02. The molecule has 0 amide bonds. The molecule has 2 heterocycles. The van der Waals surface area contributed by atoms with E-state index >= 15 is 0 Å².